The van der Waals surface area contributed by atoms with Crippen molar-refractivity contribution in [1.82, 2.24) is 4.98 Å². The molecule has 1 aromatic carbocycles. The number of primary amides is 1. The minimum absolute atomic E-state index is 0.0152. The van der Waals surface area contributed by atoms with Crippen molar-refractivity contribution in [1.29, 1.82) is 0 Å². The van der Waals surface area contributed by atoms with Crippen LogP contribution in [0.4, 0.5) is 8.78 Å². The molecule has 0 aliphatic heterocycles. The van der Waals surface area contributed by atoms with Crippen molar-refractivity contribution in [3.63, 3.8) is 0 Å². The molecule has 1 amide bonds. The van der Waals surface area contributed by atoms with Gasteiger partial charge in [0.1, 0.15) is 11.3 Å². The molecule has 3 nitrogen and oxygen atoms in total. The van der Waals surface area contributed by atoms with Crippen LogP contribution in [0.15, 0.2) is 24.4 Å². The van der Waals surface area contributed by atoms with Crippen LogP contribution in [0.2, 0.25) is 0 Å². The summed E-state index contributed by atoms with van der Waals surface area (Å²) in [7, 11) is 0. The van der Waals surface area contributed by atoms with E-state index in [0.717, 1.165) is 18.3 Å². The Kier molecular flexibility index (Phi) is 2.07. The fraction of sp³-hybridized carbons (Fsp3) is 0. The molecule has 0 aliphatic rings. The molecule has 0 fully saturated rings. The van der Waals surface area contributed by atoms with E-state index in [1.54, 1.807) is 0 Å². The molecule has 2 rings (SSSR count). The number of halogens is 2. The van der Waals surface area contributed by atoms with E-state index in [4.69, 9.17) is 5.73 Å². The first-order valence-electron chi connectivity index (χ1n) is 4.12. The molecular weight excluding hydrogens is 202 g/mol. The quantitative estimate of drug-likeness (QED) is 0.774. The monoisotopic (exact) mass is 208 g/mol. The largest absolute Gasteiger partial charge is 0.366 e. The third-order valence-electron chi connectivity index (χ3n) is 1.99. The normalized spacial score (nSPS) is 10.5. The van der Waals surface area contributed by atoms with Gasteiger partial charge < -0.3 is 5.73 Å². The summed E-state index contributed by atoms with van der Waals surface area (Å²) >= 11 is 0. The number of pyridine rings is 1. The topological polar surface area (TPSA) is 56.0 Å². The summed E-state index contributed by atoms with van der Waals surface area (Å²) in [5.41, 5.74) is 5.15. The maximum atomic E-state index is 13.2. The molecule has 5 heteroatoms. The predicted molar refractivity (Wildman–Crippen MR) is 50.2 cm³/mol. The molecule has 0 unspecified atom stereocenters. The number of nitrogens with two attached hydrogens (primary N) is 1. The lowest BCUT2D eigenvalue weighted by molar-refractivity contribution is 0.1000. The Morgan fingerprint density at radius 2 is 2.00 bits per heavy atom. The number of carbonyl (C=O) groups excluding carboxylic acids is 1. The lowest BCUT2D eigenvalue weighted by Crippen LogP contribution is -2.11. The van der Waals surface area contributed by atoms with E-state index >= 15 is 0 Å². The minimum Gasteiger partial charge on any atom is -0.366 e. The smallest absolute Gasteiger partial charge is 0.250 e. The van der Waals surface area contributed by atoms with Gasteiger partial charge in [-0.15, -0.1) is 0 Å². The molecule has 0 bridgehead atoms. The van der Waals surface area contributed by atoms with E-state index in [1.807, 2.05) is 0 Å². The average Bonchev–Trinajstić information content (AvgIpc) is 2.16. The Labute approximate surface area is 83.5 Å². The Morgan fingerprint density at radius 3 is 2.67 bits per heavy atom. The Bertz CT molecular complexity index is 554. The van der Waals surface area contributed by atoms with E-state index in [2.05, 4.69) is 4.98 Å². The molecule has 1 heterocycles. The van der Waals surface area contributed by atoms with Crippen molar-refractivity contribution < 1.29 is 13.6 Å². The van der Waals surface area contributed by atoms with Crippen LogP contribution in [0.25, 0.3) is 10.9 Å². The van der Waals surface area contributed by atoms with Crippen LogP contribution in [0, 0.1) is 11.6 Å². The van der Waals surface area contributed by atoms with E-state index in [9.17, 15) is 13.6 Å². The van der Waals surface area contributed by atoms with Crippen molar-refractivity contribution in [3.8, 4) is 0 Å². The molecule has 76 valence electrons. The second-order valence-electron chi connectivity index (χ2n) is 3.05. The molecule has 1 aromatic heterocycles. The highest BCUT2D eigenvalue weighted by atomic mass is 19.1. The van der Waals surface area contributed by atoms with Gasteiger partial charge in [0, 0.05) is 17.6 Å². The summed E-state index contributed by atoms with van der Waals surface area (Å²) in [5.74, 6) is -2.17. The number of fused-ring (bicyclic) bond motifs is 1. The number of rotatable bonds is 1. The molecule has 0 saturated carbocycles. The lowest BCUT2D eigenvalue weighted by Gasteiger charge is -2.01. The zero-order chi connectivity index (χ0) is 11.0. The van der Waals surface area contributed by atoms with Gasteiger partial charge in [0.25, 0.3) is 0 Å². The zero-order valence-corrected chi connectivity index (χ0v) is 7.50. The second-order valence-corrected chi connectivity index (χ2v) is 3.05. The van der Waals surface area contributed by atoms with Crippen LogP contribution in [0.1, 0.15) is 10.4 Å². The second kappa shape index (κ2) is 3.27. The van der Waals surface area contributed by atoms with Crippen molar-refractivity contribution in [2.24, 2.45) is 5.73 Å². The van der Waals surface area contributed by atoms with E-state index < -0.39 is 17.5 Å². The summed E-state index contributed by atoms with van der Waals surface area (Å²) in [6.45, 7) is 0. The highest BCUT2D eigenvalue weighted by molar-refractivity contribution is 5.96. The number of hydrogen-bond acceptors (Lipinski definition) is 2. The van der Waals surface area contributed by atoms with Crippen molar-refractivity contribution >= 4 is 16.8 Å². The van der Waals surface area contributed by atoms with Gasteiger partial charge in [0.2, 0.25) is 5.91 Å². The summed E-state index contributed by atoms with van der Waals surface area (Å²) in [5, 5.41) is 0.212. The SMILES string of the molecule is NC(=O)c1cnc2c(F)cc(F)cc2c1. The van der Waals surface area contributed by atoms with Gasteiger partial charge in [0.05, 0.1) is 5.56 Å². The predicted octanol–water partition coefficient (Wildman–Crippen LogP) is 1.61. The highest BCUT2D eigenvalue weighted by Gasteiger charge is 2.08. The van der Waals surface area contributed by atoms with Gasteiger partial charge in [-0.1, -0.05) is 0 Å². The fourth-order valence-electron chi connectivity index (χ4n) is 1.31. The third kappa shape index (κ3) is 1.63. The first kappa shape index (κ1) is 9.51. The first-order chi connectivity index (χ1) is 7.08. The van der Waals surface area contributed by atoms with E-state index in [0.29, 0.717) is 0 Å². The number of hydrogen-bond donors (Lipinski definition) is 1. The van der Waals surface area contributed by atoms with Gasteiger partial charge in [-0.3, -0.25) is 9.78 Å². The maximum absolute atomic E-state index is 13.2. The molecular formula is C10H6F2N2O. The van der Waals surface area contributed by atoms with E-state index in [1.165, 1.54) is 6.07 Å². The zero-order valence-electron chi connectivity index (χ0n) is 7.50. The molecule has 15 heavy (non-hydrogen) atoms. The summed E-state index contributed by atoms with van der Waals surface area (Å²) < 4.78 is 26.0. The van der Waals surface area contributed by atoms with Crippen LogP contribution < -0.4 is 5.73 Å². The van der Waals surface area contributed by atoms with Crippen LogP contribution in [-0.4, -0.2) is 10.9 Å². The number of nitrogens with zero attached hydrogens (tertiary/aromatic N) is 1. The Balaban J connectivity index is 2.76. The average molecular weight is 208 g/mol. The van der Waals surface area contributed by atoms with Crippen LogP contribution in [-0.2, 0) is 0 Å². The van der Waals surface area contributed by atoms with Gasteiger partial charge in [-0.2, -0.15) is 0 Å². The molecule has 0 spiro atoms. The highest BCUT2D eigenvalue weighted by Crippen LogP contribution is 2.18. The van der Waals surface area contributed by atoms with E-state index in [-0.39, 0.29) is 16.5 Å². The van der Waals surface area contributed by atoms with Crippen molar-refractivity contribution in [2.75, 3.05) is 0 Å². The van der Waals surface area contributed by atoms with Crippen LogP contribution in [0.3, 0.4) is 0 Å². The molecule has 2 N–H and O–H groups in total. The molecule has 0 atom stereocenters. The van der Waals surface area contributed by atoms with Crippen LogP contribution >= 0.6 is 0 Å². The van der Waals surface area contributed by atoms with Crippen molar-refractivity contribution in [2.45, 2.75) is 0 Å². The summed E-state index contributed by atoms with van der Waals surface area (Å²) in [4.78, 5) is 14.5. The van der Waals surface area contributed by atoms with Gasteiger partial charge >= 0.3 is 0 Å². The number of amides is 1. The van der Waals surface area contributed by atoms with Gasteiger partial charge in [0.15, 0.2) is 5.82 Å². The summed E-state index contributed by atoms with van der Waals surface area (Å²) in [6.07, 6.45) is 1.16. The minimum atomic E-state index is -0.763. The Morgan fingerprint density at radius 1 is 1.27 bits per heavy atom. The standard InChI is InChI=1S/C10H6F2N2O/c11-7-2-5-1-6(10(13)15)4-14-9(5)8(12)3-7/h1-4H,(H2,13,15). The lowest BCUT2D eigenvalue weighted by atomic mass is 10.1. The van der Waals surface area contributed by atoms with Gasteiger partial charge in [-0.25, -0.2) is 8.78 Å². The van der Waals surface area contributed by atoms with Gasteiger partial charge in [-0.05, 0) is 12.1 Å². The fourth-order valence-corrected chi connectivity index (χ4v) is 1.31. The number of carbonyl (C=O) groups is 1. The number of aromatic nitrogens is 1. The summed E-state index contributed by atoms with van der Waals surface area (Å²) in [6, 6.07) is 3.13. The number of benzene rings is 1. The molecule has 0 aliphatic carbocycles. The Hall–Kier alpha value is -2.04. The maximum Gasteiger partial charge on any atom is 0.250 e. The van der Waals surface area contributed by atoms with Crippen LogP contribution in [0.5, 0.6) is 0 Å². The molecule has 0 radical (unpaired) electrons. The molecule has 0 saturated heterocycles. The first-order valence-corrected chi connectivity index (χ1v) is 4.12. The van der Waals surface area contributed by atoms with Crippen molar-refractivity contribution in [3.05, 3.63) is 41.6 Å². The molecule has 2 aromatic rings. The third-order valence-corrected chi connectivity index (χ3v) is 1.99.